The number of ether oxygens (including phenoxy) is 2. The zero-order valence-corrected chi connectivity index (χ0v) is 52.6. The predicted octanol–water partition coefficient (Wildman–Crippen LogP) is 19.9. The summed E-state index contributed by atoms with van der Waals surface area (Å²) in [5.41, 5.74) is 0. The van der Waals surface area contributed by atoms with Crippen molar-refractivity contribution in [3.05, 3.63) is 134 Å². The fourth-order valence-corrected chi connectivity index (χ4v) is 9.06. The van der Waals surface area contributed by atoms with Gasteiger partial charge in [-0.3, -0.25) is 14.2 Å². The molecule has 9 nitrogen and oxygen atoms in total. The number of unbranched alkanes of at least 4 members (excludes halogenated alkanes) is 21. The maximum absolute atomic E-state index is 12.8. The monoisotopic (exact) mass is 1130 g/mol. The van der Waals surface area contributed by atoms with E-state index in [4.69, 9.17) is 18.5 Å². The summed E-state index contributed by atoms with van der Waals surface area (Å²) in [5.74, 6) is -0.855. The van der Waals surface area contributed by atoms with Crippen molar-refractivity contribution in [1.29, 1.82) is 0 Å². The van der Waals surface area contributed by atoms with E-state index in [0.29, 0.717) is 17.4 Å². The van der Waals surface area contributed by atoms with Crippen molar-refractivity contribution in [3.8, 4) is 0 Å². The molecule has 2 atom stereocenters. The highest BCUT2D eigenvalue weighted by atomic mass is 31.2. The van der Waals surface area contributed by atoms with Gasteiger partial charge in [0.2, 0.25) is 0 Å². The van der Waals surface area contributed by atoms with Crippen molar-refractivity contribution >= 4 is 19.8 Å². The molecule has 0 aromatic heterocycles. The van der Waals surface area contributed by atoms with Gasteiger partial charge in [-0.25, -0.2) is 0 Å². The standard InChI is InChI=1S/C70H118NO8P/c1-6-8-10-12-14-16-18-20-22-24-26-28-30-32-33-34-35-36-37-39-40-42-44-46-48-50-52-54-56-58-60-62-69(72)76-66-68(67-78-80(74,75)77-65-64-71(3,4)5)79-70(73)63-61-59-57-55-53-51-49-47-45-43-41-38-31-29-27-25-23-21-19-17-15-13-11-9-7-2/h8-11,14-17,20-23,26-29,32-33,38,41,45,47,68H,6-7,12-13,18-19,24-25,30-31,34-37,39-40,42-44,46,48-67H2,1-5H3/b10-8-,11-9-,16-14-,17-15-,22-20-,23-21-,28-26-,29-27-,33-32-,41-38-,47-45-. The van der Waals surface area contributed by atoms with Crippen LogP contribution in [0, 0.1) is 0 Å². The smallest absolute Gasteiger partial charge is 0.306 e. The lowest BCUT2D eigenvalue weighted by atomic mass is 10.0. The van der Waals surface area contributed by atoms with E-state index in [1.807, 2.05) is 21.1 Å². The van der Waals surface area contributed by atoms with Crippen LogP contribution in [0.2, 0.25) is 0 Å². The first kappa shape index (κ1) is 76.1. The van der Waals surface area contributed by atoms with Crippen molar-refractivity contribution in [2.45, 2.75) is 251 Å². The van der Waals surface area contributed by atoms with Crippen molar-refractivity contribution < 1.29 is 42.1 Å². The van der Waals surface area contributed by atoms with E-state index in [2.05, 4.69) is 148 Å². The normalized spacial score (nSPS) is 14.1. The molecule has 0 heterocycles. The Morgan fingerprint density at radius 2 is 0.675 bits per heavy atom. The number of rotatable bonds is 57. The predicted molar refractivity (Wildman–Crippen MR) is 341 cm³/mol. The molecule has 0 aliphatic rings. The van der Waals surface area contributed by atoms with Crippen LogP contribution in [0.25, 0.3) is 0 Å². The topological polar surface area (TPSA) is 111 Å². The molecule has 456 valence electrons. The van der Waals surface area contributed by atoms with Crippen molar-refractivity contribution in [1.82, 2.24) is 0 Å². The molecular formula is C70H118NO8P. The molecule has 0 aliphatic heterocycles. The molecule has 2 unspecified atom stereocenters. The van der Waals surface area contributed by atoms with Crippen LogP contribution in [-0.2, 0) is 32.7 Å². The minimum absolute atomic E-state index is 0.0405. The van der Waals surface area contributed by atoms with E-state index in [1.54, 1.807) is 0 Å². The van der Waals surface area contributed by atoms with E-state index >= 15 is 0 Å². The van der Waals surface area contributed by atoms with Gasteiger partial charge in [0.15, 0.2) is 6.10 Å². The molecule has 0 spiro atoms. The zero-order valence-electron chi connectivity index (χ0n) is 51.7. The van der Waals surface area contributed by atoms with Crippen molar-refractivity contribution in [3.63, 3.8) is 0 Å². The molecule has 10 heteroatoms. The lowest BCUT2D eigenvalue weighted by molar-refractivity contribution is -0.870. The Balaban J connectivity index is 4.15. The Kier molecular flexibility index (Phi) is 56.9. The molecule has 0 bridgehead atoms. The highest BCUT2D eigenvalue weighted by molar-refractivity contribution is 7.45. The summed E-state index contributed by atoms with van der Waals surface area (Å²) in [5, 5.41) is 0. The summed E-state index contributed by atoms with van der Waals surface area (Å²) in [6, 6.07) is 0. The van der Waals surface area contributed by atoms with Gasteiger partial charge < -0.3 is 27.9 Å². The van der Waals surface area contributed by atoms with Gasteiger partial charge in [0.1, 0.15) is 19.8 Å². The van der Waals surface area contributed by atoms with E-state index in [0.717, 1.165) is 128 Å². The highest BCUT2D eigenvalue weighted by Gasteiger charge is 2.22. The molecule has 0 amide bonds. The largest absolute Gasteiger partial charge is 0.756 e. The third-order valence-electron chi connectivity index (χ3n) is 13.2. The van der Waals surface area contributed by atoms with Crippen molar-refractivity contribution in [2.75, 3.05) is 47.5 Å². The number of hydrogen-bond donors (Lipinski definition) is 0. The molecule has 0 fully saturated rings. The maximum atomic E-state index is 12.8. The molecule has 0 aromatic carbocycles. The Labute approximate surface area is 491 Å². The molecule has 0 radical (unpaired) electrons. The summed E-state index contributed by atoms with van der Waals surface area (Å²) in [6.07, 6.45) is 86.5. The first-order valence-corrected chi connectivity index (χ1v) is 33.4. The SMILES string of the molecule is CC/C=C\C/C=C\C/C=C\C/C=C\C/C=C\C/C=C\CCCCCCCCC(=O)OC(COC(=O)CCCCCCCCCCCCCCCCC/C=C\C/C=C\C/C=C\C/C=C\C/C=C\CC)COP(=O)([O-])OCC[N+](C)(C)C. The highest BCUT2D eigenvalue weighted by Crippen LogP contribution is 2.38. The van der Waals surface area contributed by atoms with Gasteiger partial charge in [0, 0.05) is 12.8 Å². The number of phosphoric ester groups is 1. The number of hydrogen-bond acceptors (Lipinski definition) is 8. The van der Waals surface area contributed by atoms with E-state index < -0.39 is 32.5 Å². The Morgan fingerprint density at radius 1 is 0.388 bits per heavy atom. The number of likely N-dealkylation sites (N-methyl/N-ethyl adjacent to an activating group) is 1. The summed E-state index contributed by atoms with van der Waals surface area (Å²) in [7, 11) is 1.14. The van der Waals surface area contributed by atoms with E-state index in [9.17, 15) is 19.0 Å². The van der Waals surface area contributed by atoms with Gasteiger partial charge in [0.25, 0.3) is 7.82 Å². The molecular weight excluding hydrogens is 1010 g/mol. The van der Waals surface area contributed by atoms with Gasteiger partial charge in [-0.2, -0.15) is 0 Å². The van der Waals surface area contributed by atoms with E-state index in [-0.39, 0.29) is 26.1 Å². The Morgan fingerprint density at radius 3 is 1.00 bits per heavy atom. The second-order valence-electron chi connectivity index (χ2n) is 22.0. The molecule has 0 aliphatic carbocycles. The fourth-order valence-electron chi connectivity index (χ4n) is 8.33. The van der Waals surface area contributed by atoms with Gasteiger partial charge in [-0.15, -0.1) is 0 Å². The quantitative estimate of drug-likeness (QED) is 0.0195. The zero-order chi connectivity index (χ0) is 58.4. The van der Waals surface area contributed by atoms with Crippen LogP contribution in [0.4, 0.5) is 0 Å². The average Bonchev–Trinajstić information content (AvgIpc) is 3.42. The van der Waals surface area contributed by atoms with Crippen LogP contribution in [0.15, 0.2) is 134 Å². The minimum atomic E-state index is -4.65. The molecule has 80 heavy (non-hydrogen) atoms. The number of phosphoric acid groups is 1. The van der Waals surface area contributed by atoms with Crippen LogP contribution < -0.4 is 4.89 Å². The van der Waals surface area contributed by atoms with Crippen LogP contribution in [-0.4, -0.2) is 70.0 Å². The van der Waals surface area contributed by atoms with Gasteiger partial charge in [-0.1, -0.05) is 257 Å². The van der Waals surface area contributed by atoms with E-state index in [1.165, 1.54) is 83.5 Å². The first-order chi connectivity index (χ1) is 39.0. The molecule has 0 N–H and O–H groups in total. The molecule has 0 saturated heterocycles. The second kappa shape index (κ2) is 59.8. The molecule has 0 rings (SSSR count). The number of esters is 2. The molecule has 0 aromatic rings. The number of nitrogens with zero attached hydrogens (tertiary/aromatic N) is 1. The third-order valence-corrected chi connectivity index (χ3v) is 14.1. The summed E-state index contributed by atoms with van der Waals surface area (Å²) in [6.45, 7) is 3.99. The van der Waals surface area contributed by atoms with Crippen LogP contribution in [0.5, 0.6) is 0 Å². The first-order valence-electron chi connectivity index (χ1n) is 31.9. The van der Waals surface area contributed by atoms with Gasteiger partial charge in [-0.05, 0) is 109 Å². The van der Waals surface area contributed by atoms with Crippen LogP contribution >= 0.6 is 7.82 Å². The van der Waals surface area contributed by atoms with Gasteiger partial charge >= 0.3 is 11.9 Å². The Bertz CT molecular complexity index is 1810. The number of allylic oxidation sites excluding steroid dienone is 22. The summed E-state index contributed by atoms with van der Waals surface area (Å²) >= 11 is 0. The van der Waals surface area contributed by atoms with Crippen molar-refractivity contribution in [2.24, 2.45) is 0 Å². The lowest BCUT2D eigenvalue weighted by Crippen LogP contribution is -2.37. The number of carbonyl (C=O) groups is 2. The van der Waals surface area contributed by atoms with Gasteiger partial charge in [0.05, 0.1) is 27.7 Å². The summed E-state index contributed by atoms with van der Waals surface area (Å²) in [4.78, 5) is 38.0. The minimum Gasteiger partial charge on any atom is -0.756 e. The second-order valence-corrected chi connectivity index (χ2v) is 23.4. The average molecular weight is 1130 g/mol. The lowest BCUT2D eigenvalue weighted by Gasteiger charge is -2.28. The maximum Gasteiger partial charge on any atom is 0.306 e. The van der Waals surface area contributed by atoms with Crippen LogP contribution in [0.1, 0.15) is 245 Å². The number of quaternary nitrogens is 1. The van der Waals surface area contributed by atoms with Crippen LogP contribution in [0.3, 0.4) is 0 Å². The molecule has 0 saturated carbocycles. The fraction of sp³-hybridized carbons (Fsp3) is 0.657. The number of carbonyl (C=O) groups excluding carboxylic acids is 2. The third kappa shape index (κ3) is 63.3. The Hall–Kier alpha value is -3.85. The summed E-state index contributed by atoms with van der Waals surface area (Å²) < 4.78 is 34.2.